The van der Waals surface area contributed by atoms with Gasteiger partial charge in [-0.05, 0) is 55.0 Å². The third-order valence-electron chi connectivity index (χ3n) is 6.10. The number of fused-ring (bicyclic) bond motifs is 3. The second-order valence-corrected chi connectivity index (χ2v) is 11.1. The van der Waals surface area contributed by atoms with Gasteiger partial charge >= 0.3 is 0 Å². The number of thioether (sulfide) groups is 1. The lowest BCUT2D eigenvalue weighted by molar-refractivity contribution is -0.115. The van der Waals surface area contributed by atoms with Crippen LogP contribution < -0.4 is 10.9 Å². The predicted molar refractivity (Wildman–Crippen MR) is 146 cm³/mol. The second kappa shape index (κ2) is 10.0. The van der Waals surface area contributed by atoms with Gasteiger partial charge in [0.05, 0.1) is 5.39 Å². The summed E-state index contributed by atoms with van der Waals surface area (Å²) in [5.41, 5.74) is 3.46. The highest BCUT2D eigenvalue weighted by atomic mass is 35.5. The van der Waals surface area contributed by atoms with Crippen LogP contribution in [0.2, 0.25) is 5.02 Å². The van der Waals surface area contributed by atoms with E-state index in [2.05, 4.69) is 11.9 Å². The summed E-state index contributed by atoms with van der Waals surface area (Å²) in [5, 5.41) is 4.19. The van der Waals surface area contributed by atoms with E-state index in [1.807, 2.05) is 49.4 Å². The molecule has 0 bridgehead atoms. The van der Waals surface area contributed by atoms with E-state index in [4.69, 9.17) is 16.6 Å². The number of thiophene rings is 1. The number of aromatic nitrogens is 2. The Labute approximate surface area is 216 Å². The van der Waals surface area contributed by atoms with Gasteiger partial charge in [0.15, 0.2) is 5.16 Å². The Kier molecular flexibility index (Phi) is 6.82. The molecule has 0 spiro atoms. The number of carbonyl (C=O) groups is 1. The molecule has 2 heterocycles. The fourth-order valence-corrected chi connectivity index (χ4v) is 6.91. The van der Waals surface area contributed by atoms with Crippen LogP contribution in [-0.4, -0.2) is 15.5 Å². The van der Waals surface area contributed by atoms with Crippen LogP contribution in [0.4, 0.5) is 5.69 Å². The Morgan fingerprint density at radius 1 is 1.29 bits per heavy atom. The normalized spacial score (nSPS) is 13.5. The number of hydrogen-bond acceptors (Lipinski definition) is 5. The van der Waals surface area contributed by atoms with Crippen molar-refractivity contribution in [2.45, 2.75) is 43.1 Å². The van der Waals surface area contributed by atoms with E-state index in [9.17, 15) is 9.59 Å². The number of nitrogens with zero attached hydrogens (tertiary/aromatic N) is 2. The number of hydrogen-bond donors (Lipinski definition) is 1. The minimum atomic E-state index is -0.622. The zero-order valence-corrected chi connectivity index (χ0v) is 21.6. The summed E-state index contributed by atoms with van der Waals surface area (Å²) in [5.74, 6) is -0.214. The Bertz CT molecular complexity index is 1490. The van der Waals surface area contributed by atoms with Crippen molar-refractivity contribution in [1.29, 1.82) is 0 Å². The molecule has 0 radical (unpaired) electrons. The molecule has 1 aliphatic carbocycles. The molecule has 5 rings (SSSR count). The minimum absolute atomic E-state index is 0.0608. The van der Waals surface area contributed by atoms with E-state index >= 15 is 0 Å². The Morgan fingerprint density at radius 2 is 2.09 bits per heavy atom. The van der Waals surface area contributed by atoms with Crippen molar-refractivity contribution in [1.82, 2.24) is 9.55 Å². The van der Waals surface area contributed by atoms with Crippen molar-refractivity contribution >= 4 is 56.5 Å². The first-order chi connectivity index (χ1) is 17.0. The van der Waals surface area contributed by atoms with Gasteiger partial charge in [-0.25, -0.2) is 4.98 Å². The van der Waals surface area contributed by atoms with E-state index in [0.717, 1.165) is 46.2 Å². The molecule has 5 nitrogen and oxygen atoms in total. The lowest BCUT2D eigenvalue weighted by atomic mass is 10.1. The van der Waals surface area contributed by atoms with Gasteiger partial charge in [-0.15, -0.1) is 17.9 Å². The van der Waals surface area contributed by atoms with E-state index in [1.165, 1.54) is 16.6 Å². The van der Waals surface area contributed by atoms with Crippen molar-refractivity contribution < 1.29 is 4.79 Å². The second-order valence-electron chi connectivity index (χ2n) is 8.50. The maximum Gasteiger partial charge on any atom is 0.263 e. The molecule has 0 aliphatic heterocycles. The molecule has 0 fully saturated rings. The Hall–Kier alpha value is -2.87. The molecule has 0 saturated carbocycles. The highest BCUT2D eigenvalue weighted by Gasteiger charge is 2.28. The first kappa shape index (κ1) is 23.9. The molecule has 1 unspecified atom stereocenters. The molecule has 1 N–H and O–H groups in total. The van der Waals surface area contributed by atoms with Crippen LogP contribution in [0.1, 0.15) is 33.2 Å². The van der Waals surface area contributed by atoms with Crippen molar-refractivity contribution in [3.8, 4) is 0 Å². The highest BCUT2D eigenvalue weighted by Crippen LogP contribution is 2.39. The van der Waals surface area contributed by atoms with Crippen LogP contribution in [0, 0.1) is 6.92 Å². The van der Waals surface area contributed by atoms with E-state index < -0.39 is 5.25 Å². The van der Waals surface area contributed by atoms with Gasteiger partial charge in [-0.3, -0.25) is 14.2 Å². The van der Waals surface area contributed by atoms with Crippen LogP contribution in [0.3, 0.4) is 0 Å². The molecule has 178 valence electrons. The molecule has 8 heteroatoms. The number of nitrogens with one attached hydrogen (secondary N) is 1. The van der Waals surface area contributed by atoms with Gasteiger partial charge < -0.3 is 5.32 Å². The SMILES string of the molecule is C=CCn1c(SC(C(=O)Nc2ccc(C)c(Cl)c2)c2ccccc2)nc2sc3c(c2c1=O)CCC3. The summed E-state index contributed by atoms with van der Waals surface area (Å²) < 4.78 is 1.64. The molecular weight excluding hydrogens is 498 g/mol. The molecule has 0 saturated heterocycles. The summed E-state index contributed by atoms with van der Waals surface area (Å²) in [4.78, 5) is 34.0. The lowest BCUT2D eigenvalue weighted by Crippen LogP contribution is -2.25. The van der Waals surface area contributed by atoms with E-state index in [0.29, 0.717) is 22.4 Å². The standard InChI is InChI=1S/C27H24ClN3O2S2/c1-3-14-31-26(33)22-19-10-7-11-21(19)34-25(22)30-27(31)35-23(17-8-5-4-6-9-17)24(32)29-18-13-12-16(2)20(28)15-18/h3-6,8-9,12-13,15,23H,1,7,10-11,14H2,2H3,(H,29,32). The summed E-state index contributed by atoms with van der Waals surface area (Å²) in [6.45, 7) is 6.08. The van der Waals surface area contributed by atoms with Crippen molar-refractivity contribution in [2.75, 3.05) is 5.32 Å². The van der Waals surface area contributed by atoms with Crippen LogP contribution in [0.5, 0.6) is 0 Å². The Morgan fingerprint density at radius 3 is 2.83 bits per heavy atom. The monoisotopic (exact) mass is 521 g/mol. The number of rotatable bonds is 7. The molecule has 2 aromatic carbocycles. The molecule has 1 aliphatic rings. The topological polar surface area (TPSA) is 64.0 Å². The number of halogens is 1. The van der Waals surface area contributed by atoms with Crippen molar-refractivity contribution in [3.05, 3.63) is 98.1 Å². The van der Waals surface area contributed by atoms with Gasteiger partial charge in [0, 0.05) is 22.1 Å². The fourth-order valence-electron chi connectivity index (χ4n) is 4.32. The average molecular weight is 522 g/mol. The van der Waals surface area contributed by atoms with Gasteiger partial charge in [0.25, 0.3) is 5.56 Å². The molecular formula is C27H24ClN3O2S2. The van der Waals surface area contributed by atoms with E-state index in [1.54, 1.807) is 28.0 Å². The average Bonchev–Trinajstić information content (AvgIpc) is 3.43. The van der Waals surface area contributed by atoms with Gasteiger partial charge in [0.1, 0.15) is 10.1 Å². The quantitative estimate of drug-likeness (QED) is 0.170. The molecule has 1 amide bonds. The summed E-state index contributed by atoms with van der Waals surface area (Å²) in [6, 6.07) is 15.0. The van der Waals surface area contributed by atoms with Gasteiger partial charge in [-0.1, -0.05) is 65.8 Å². The molecule has 1 atom stereocenters. The zero-order chi connectivity index (χ0) is 24.5. The van der Waals surface area contributed by atoms with Gasteiger partial charge in [0.2, 0.25) is 5.91 Å². The largest absolute Gasteiger partial charge is 0.325 e. The Balaban J connectivity index is 1.56. The number of amides is 1. The zero-order valence-electron chi connectivity index (χ0n) is 19.2. The minimum Gasteiger partial charge on any atom is -0.325 e. The molecule has 2 aromatic heterocycles. The number of anilines is 1. The summed E-state index contributed by atoms with van der Waals surface area (Å²) >= 11 is 9.15. The third kappa shape index (κ3) is 4.68. The third-order valence-corrected chi connectivity index (χ3v) is 8.94. The van der Waals surface area contributed by atoms with E-state index in [-0.39, 0.29) is 11.5 Å². The maximum atomic E-state index is 13.6. The number of aryl methyl sites for hydroxylation is 3. The van der Waals surface area contributed by atoms with Crippen LogP contribution >= 0.6 is 34.7 Å². The van der Waals surface area contributed by atoms with Gasteiger partial charge in [-0.2, -0.15) is 0 Å². The first-order valence-electron chi connectivity index (χ1n) is 11.4. The summed E-state index contributed by atoms with van der Waals surface area (Å²) in [7, 11) is 0. The number of carbonyl (C=O) groups excluding carboxylic acids is 1. The predicted octanol–water partition coefficient (Wildman–Crippen LogP) is 6.57. The van der Waals surface area contributed by atoms with Crippen molar-refractivity contribution in [2.24, 2.45) is 0 Å². The highest BCUT2D eigenvalue weighted by molar-refractivity contribution is 8.00. The number of benzene rings is 2. The van der Waals surface area contributed by atoms with Crippen LogP contribution in [-0.2, 0) is 24.2 Å². The first-order valence-corrected chi connectivity index (χ1v) is 13.5. The molecule has 4 aromatic rings. The lowest BCUT2D eigenvalue weighted by Gasteiger charge is -2.19. The maximum absolute atomic E-state index is 13.6. The fraction of sp³-hybridized carbons (Fsp3) is 0.222. The van der Waals surface area contributed by atoms with Crippen molar-refractivity contribution in [3.63, 3.8) is 0 Å². The van der Waals surface area contributed by atoms with Crippen LogP contribution in [0.15, 0.2) is 71.1 Å². The van der Waals surface area contributed by atoms with Crippen LogP contribution in [0.25, 0.3) is 10.2 Å². The number of allylic oxidation sites excluding steroid dienone is 1. The smallest absolute Gasteiger partial charge is 0.263 e. The molecule has 35 heavy (non-hydrogen) atoms. The summed E-state index contributed by atoms with van der Waals surface area (Å²) in [6.07, 6.45) is 4.68.